The van der Waals surface area contributed by atoms with Crippen LogP contribution < -0.4 is 5.32 Å². The number of anilines is 1. The van der Waals surface area contributed by atoms with E-state index < -0.39 is 5.60 Å². The van der Waals surface area contributed by atoms with Crippen LogP contribution in [-0.2, 0) is 19.8 Å². The first-order valence-corrected chi connectivity index (χ1v) is 9.80. The Hall–Kier alpha value is -1.63. The third-order valence-corrected chi connectivity index (χ3v) is 6.60. The van der Waals surface area contributed by atoms with E-state index in [4.69, 9.17) is 14.2 Å². The maximum Gasteiger partial charge on any atom is 0.412 e. The summed E-state index contributed by atoms with van der Waals surface area (Å²) in [6.45, 7) is 3.38. The molecule has 3 heterocycles. The highest BCUT2D eigenvalue weighted by atomic mass is 16.7. The molecule has 0 aromatic heterocycles. The second-order valence-electron chi connectivity index (χ2n) is 7.93. The molecule has 1 N–H and O–H groups in total. The zero-order valence-electron chi connectivity index (χ0n) is 15.0. The number of amides is 1. The summed E-state index contributed by atoms with van der Waals surface area (Å²) in [6, 6.07) is 8.61. The average molecular weight is 358 g/mol. The molecular formula is C20H26N2O4. The number of likely N-dealkylation sites (tertiary alicyclic amines) is 1. The first-order chi connectivity index (χ1) is 12.7. The number of carbonyl (C=O) groups excluding carboxylic acids is 1. The predicted octanol–water partition coefficient (Wildman–Crippen LogP) is 3.23. The highest BCUT2D eigenvalue weighted by Gasteiger charge is 2.47. The number of carbonyl (C=O) groups is 1. The number of hydrogen-bond donors (Lipinski definition) is 1. The largest absolute Gasteiger partial charge is 0.438 e. The van der Waals surface area contributed by atoms with Crippen LogP contribution in [0.15, 0.2) is 24.3 Å². The Kier molecular flexibility index (Phi) is 3.95. The third-order valence-electron chi connectivity index (χ3n) is 6.60. The van der Waals surface area contributed by atoms with Crippen molar-refractivity contribution in [1.29, 1.82) is 0 Å². The Labute approximate surface area is 153 Å². The summed E-state index contributed by atoms with van der Waals surface area (Å²) in [5, 5.41) is 2.83. The number of fused-ring (bicyclic) bond motifs is 2. The average Bonchev–Trinajstić information content (AvgIpc) is 3.11. The SMILES string of the molecule is O=C1Nc2ccccc2C2(CCN(C3CCC4(CC3)OCCO4)CC2)O1. The summed E-state index contributed by atoms with van der Waals surface area (Å²) in [7, 11) is 0. The van der Waals surface area contributed by atoms with Crippen LogP contribution in [0.2, 0.25) is 0 Å². The number of benzene rings is 1. The molecule has 0 radical (unpaired) electrons. The zero-order chi connectivity index (χ0) is 17.6. The zero-order valence-corrected chi connectivity index (χ0v) is 15.0. The van der Waals surface area contributed by atoms with Gasteiger partial charge in [0.1, 0.15) is 5.60 Å². The monoisotopic (exact) mass is 358 g/mol. The molecule has 4 aliphatic rings. The molecule has 2 spiro atoms. The maximum absolute atomic E-state index is 12.1. The fourth-order valence-corrected chi connectivity index (χ4v) is 5.17. The highest BCUT2D eigenvalue weighted by molar-refractivity contribution is 5.88. The van der Waals surface area contributed by atoms with Crippen molar-refractivity contribution in [3.8, 4) is 0 Å². The molecule has 1 aromatic rings. The highest BCUT2D eigenvalue weighted by Crippen LogP contribution is 2.45. The van der Waals surface area contributed by atoms with E-state index in [1.54, 1.807) is 0 Å². The first-order valence-electron chi connectivity index (χ1n) is 9.80. The second kappa shape index (κ2) is 6.22. The van der Waals surface area contributed by atoms with E-state index in [1.165, 1.54) is 0 Å². The second-order valence-corrected chi connectivity index (χ2v) is 7.93. The molecule has 1 saturated carbocycles. The molecular weight excluding hydrogens is 332 g/mol. The Morgan fingerprint density at radius 1 is 1.00 bits per heavy atom. The lowest BCUT2D eigenvalue weighted by Crippen LogP contribution is -2.52. The van der Waals surface area contributed by atoms with Crippen molar-refractivity contribution in [2.24, 2.45) is 0 Å². The van der Waals surface area contributed by atoms with E-state index in [0.29, 0.717) is 6.04 Å². The Bertz CT molecular complexity index is 683. The first kappa shape index (κ1) is 16.5. The van der Waals surface area contributed by atoms with Crippen molar-refractivity contribution in [2.45, 2.75) is 56.0 Å². The van der Waals surface area contributed by atoms with Gasteiger partial charge in [0.15, 0.2) is 5.79 Å². The number of ether oxygens (including phenoxy) is 3. The number of rotatable bonds is 1. The van der Waals surface area contributed by atoms with Gasteiger partial charge in [-0.25, -0.2) is 4.79 Å². The quantitative estimate of drug-likeness (QED) is 0.835. The predicted molar refractivity (Wildman–Crippen MR) is 95.9 cm³/mol. The summed E-state index contributed by atoms with van der Waals surface area (Å²) in [5.41, 5.74) is 1.55. The molecule has 6 heteroatoms. The molecule has 26 heavy (non-hydrogen) atoms. The summed E-state index contributed by atoms with van der Waals surface area (Å²) in [5.74, 6) is -0.295. The van der Waals surface area contributed by atoms with Crippen LogP contribution in [0.5, 0.6) is 0 Å². The Morgan fingerprint density at radius 2 is 1.69 bits per heavy atom. The van der Waals surface area contributed by atoms with Crippen LogP contribution in [0.25, 0.3) is 0 Å². The van der Waals surface area contributed by atoms with Gasteiger partial charge in [0.25, 0.3) is 0 Å². The van der Waals surface area contributed by atoms with Crippen LogP contribution >= 0.6 is 0 Å². The molecule has 1 aliphatic carbocycles. The summed E-state index contributed by atoms with van der Waals surface area (Å²) < 4.78 is 17.5. The Balaban J connectivity index is 1.26. The molecule has 140 valence electrons. The van der Waals surface area contributed by atoms with Gasteiger partial charge in [0, 0.05) is 50.4 Å². The summed E-state index contributed by atoms with van der Waals surface area (Å²) >= 11 is 0. The van der Waals surface area contributed by atoms with Gasteiger partial charge in [-0.15, -0.1) is 0 Å². The van der Waals surface area contributed by atoms with Crippen LogP contribution in [0.1, 0.15) is 44.1 Å². The number of nitrogens with one attached hydrogen (secondary N) is 1. The molecule has 0 unspecified atom stereocenters. The molecule has 6 nitrogen and oxygen atoms in total. The Morgan fingerprint density at radius 3 is 2.42 bits per heavy atom. The van der Waals surface area contributed by atoms with E-state index in [1.807, 2.05) is 18.2 Å². The van der Waals surface area contributed by atoms with Gasteiger partial charge >= 0.3 is 6.09 Å². The van der Waals surface area contributed by atoms with Gasteiger partial charge in [-0.2, -0.15) is 0 Å². The van der Waals surface area contributed by atoms with Crippen LogP contribution in [0.3, 0.4) is 0 Å². The van der Waals surface area contributed by atoms with Crippen molar-refractivity contribution in [3.05, 3.63) is 29.8 Å². The molecule has 1 amide bonds. The minimum absolute atomic E-state index is 0.295. The van der Waals surface area contributed by atoms with Crippen LogP contribution in [0, 0.1) is 0 Å². The third kappa shape index (κ3) is 2.71. The van der Waals surface area contributed by atoms with E-state index >= 15 is 0 Å². The molecule has 1 aromatic carbocycles. The minimum Gasteiger partial charge on any atom is -0.438 e. The van der Waals surface area contributed by atoms with Gasteiger partial charge in [0.05, 0.1) is 18.9 Å². The van der Waals surface area contributed by atoms with Gasteiger partial charge in [-0.1, -0.05) is 18.2 Å². The lowest BCUT2D eigenvalue weighted by Gasteiger charge is -2.47. The van der Waals surface area contributed by atoms with Crippen molar-refractivity contribution in [1.82, 2.24) is 4.90 Å². The standard InChI is InChI=1S/C20H26N2O4/c23-18-21-17-4-2-1-3-16(17)19(26-18)9-11-22(12-10-19)15-5-7-20(8-6-15)24-13-14-25-20/h1-4,15H,5-14H2,(H,21,23). The molecule has 3 fully saturated rings. The maximum atomic E-state index is 12.1. The topological polar surface area (TPSA) is 60.0 Å². The van der Waals surface area contributed by atoms with E-state index in [2.05, 4.69) is 16.3 Å². The molecule has 0 bridgehead atoms. The van der Waals surface area contributed by atoms with Crippen molar-refractivity contribution in [2.75, 3.05) is 31.6 Å². The molecule has 3 aliphatic heterocycles. The minimum atomic E-state index is -0.469. The van der Waals surface area contributed by atoms with Crippen molar-refractivity contribution >= 4 is 11.8 Å². The van der Waals surface area contributed by atoms with E-state index in [9.17, 15) is 4.79 Å². The number of nitrogens with zero attached hydrogens (tertiary/aromatic N) is 1. The number of para-hydroxylation sites is 1. The number of hydrogen-bond acceptors (Lipinski definition) is 5. The fraction of sp³-hybridized carbons (Fsp3) is 0.650. The van der Waals surface area contributed by atoms with Gasteiger partial charge in [-0.05, 0) is 18.9 Å². The smallest absolute Gasteiger partial charge is 0.412 e. The lowest BCUT2D eigenvalue weighted by molar-refractivity contribution is -0.185. The molecule has 5 rings (SSSR count). The molecule has 2 saturated heterocycles. The van der Waals surface area contributed by atoms with Crippen LogP contribution in [-0.4, -0.2) is 49.1 Å². The lowest BCUT2D eigenvalue weighted by atomic mass is 9.80. The van der Waals surface area contributed by atoms with Gasteiger partial charge in [-0.3, -0.25) is 5.32 Å². The van der Waals surface area contributed by atoms with Crippen molar-refractivity contribution in [3.63, 3.8) is 0 Å². The van der Waals surface area contributed by atoms with Gasteiger partial charge < -0.3 is 19.1 Å². The molecule has 0 atom stereocenters. The summed E-state index contributed by atoms with van der Waals surface area (Å²) in [6.07, 6.45) is 5.59. The van der Waals surface area contributed by atoms with Crippen molar-refractivity contribution < 1.29 is 19.0 Å². The normalized spacial score (nSPS) is 27.9. The number of piperidine rings is 1. The van der Waals surface area contributed by atoms with E-state index in [0.717, 1.165) is 76.1 Å². The summed E-state index contributed by atoms with van der Waals surface area (Å²) in [4.78, 5) is 14.6. The van der Waals surface area contributed by atoms with Gasteiger partial charge in [0.2, 0.25) is 0 Å². The van der Waals surface area contributed by atoms with Crippen LogP contribution in [0.4, 0.5) is 10.5 Å². The van der Waals surface area contributed by atoms with E-state index in [-0.39, 0.29) is 11.9 Å². The fourth-order valence-electron chi connectivity index (χ4n) is 5.17.